The van der Waals surface area contributed by atoms with Crippen molar-refractivity contribution < 1.29 is 9.21 Å². The number of aromatic nitrogens is 1. The fraction of sp³-hybridized carbons (Fsp3) is 0.0667. The Morgan fingerprint density at radius 2 is 1.89 bits per heavy atom. The fourth-order valence-electron chi connectivity index (χ4n) is 1.87. The molecule has 0 saturated heterocycles. The van der Waals surface area contributed by atoms with Crippen LogP contribution in [0.15, 0.2) is 51.4 Å². The van der Waals surface area contributed by atoms with Gasteiger partial charge in [0.25, 0.3) is 0 Å². The second kappa shape index (κ2) is 4.63. The van der Waals surface area contributed by atoms with Gasteiger partial charge in [0.15, 0.2) is 11.4 Å². The number of benzene rings is 2. The topological polar surface area (TPSA) is 43.1 Å². The van der Waals surface area contributed by atoms with E-state index >= 15 is 0 Å². The maximum Gasteiger partial charge on any atom is 0.227 e. The second-order valence-electron chi connectivity index (χ2n) is 4.26. The average molecular weight is 316 g/mol. The van der Waals surface area contributed by atoms with Crippen LogP contribution < -0.4 is 0 Å². The number of nitrogens with zero attached hydrogens (tertiary/aromatic N) is 1. The molecule has 0 aliphatic carbocycles. The smallest absolute Gasteiger partial charge is 0.227 e. The highest BCUT2D eigenvalue weighted by Crippen LogP contribution is 2.26. The van der Waals surface area contributed by atoms with Gasteiger partial charge in [0.2, 0.25) is 5.89 Å². The number of carbonyl (C=O) groups excluding carboxylic acids is 1. The minimum atomic E-state index is 0.0491. The molecule has 3 aromatic rings. The summed E-state index contributed by atoms with van der Waals surface area (Å²) in [5.41, 5.74) is 3.09. The Bertz CT molecular complexity index is 759. The van der Waals surface area contributed by atoms with E-state index in [4.69, 9.17) is 4.42 Å². The van der Waals surface area contributed by atoms with E-state index in [2.05, 4.69) is 20.9 Å². The number of carbonyl (C=O) groups is 1. The number of hydrogen-bond donors (Lipinski definition) is 0. The molecule has 0 spiro atoms. The van der Waals surface area contributed by atoms with Crippen molar-refractivity contribution in [2.45, 2.75) is 6.92 Å². The lowest BCUT2D eigenvalue weighted by Gasteiger charge is -1.97. The first-order valence-electron chi connectivity index (χ1n) is 5.81. The highest BCUT2D eigenvalue weighted by molar-refractivity contribution is 9.10. The van der Waals surface area contributed by atoms with Crippen molar-refractivity contribution in [3.63, 3.8) is 0 Å². The summed E-state index contributed by atoms with van der Waals surface area (Å²) >= 11 is 3.40. The van der Waals surface area contributed by atoms with Crippen LogP contribution in [0.3, 0.4) is 0 Å². The SMILES string of the molecule is CC(=O)c1ccc(-c2nc3ccc(Br)cc3o2)cc1. The lowest BCUT2D eigenvalue weighted by Crippen LogP contribution is -1.90. The van der Waals surface area contributed by atoms with Gasteiger partial charge < -0.3 is 4.42 Å². The number of fused-ring (bicyclic) bond motifs is 1. The van der Waals surface area contributed by atoms with Gasteiger partial charge in [-0.2, -0.15) is 0 Å². The Kier molecular flexibility index (Phi) is 2.95. The van der Waals surface area contributed by atoms with E-state index in [1.807, 2.05) is 30.3 Å². The molecule has 0 amide bonds. The van der Waals surface area contributed by atoms with Gasteiger partial charge in [0.05, 0.1) is 0 Å². The first kappa shape index (κ1) is 12.1. The van der Waals surface area contributed by atoms with Gasteiger partial charge in [-0.25, -0.2) is 4.98 Å². The van der Waals surface area contributed by atoms with Crippen molar-refractivity contribution in [1.29, 1.82) is 0 Å². The van der Waals surface area contributed by atoms with Crippen LogP contribution in [0.2, 0.25) is 0 Å². The highest BCUT2D eigenvalue weighted by Gasteiger charge is 2.09. The summed E-state index contributed by atoms with van der Waals surface area (Å²) in [6, 6.07) is 13.0. The molecular formula is C15H10BrNO2. The van der Waals surface area contributed by atoms with Gasteiger partial charge in [0.1, 0.15) is 5.52 Å². The second-order valence-corrected chi connectivity index (χ2v) is 5.18. The van der Waals surface area contributed by atoms with Crippen molar-refractivity contribution in [2.24, 2.45) is 0 Å². The van der Waals surface area contributed by atoms with Crippen LogP contribution in [-0.2, 0) is 0 Å². The summed E-state index contributed by atoms with van der Waals surface area (Å²) in [5, 5.41) is 0. The Morgan fingerprint density at radius 3 is 2.58 bits per heavy atom. The Morgan fingerprint density at radius 1 is 1.16 bits per heavy atom. The van der Waals surface area contributed by atoms with E-state index in [9.17, 15) is 4.79 Å². The zero-order valence-electron chi connectivity index (χ0n) is 10.2. The van der Waals surface area contributed by atoms with Gasteiger partial charge in [-0.05, 0) is 37.3 Å². The number of hydrogen-bond acceptors (Lipinski definition) is 3. The van der Waals surface area contributed by atoms with Crippen molar-refractivity contribution >= 4 is 32.8 Å². The molecular weight excluding hydrogens is 306 g/mol. The van der Waals surface area contributed by atoms with Crippen molar-refractivity contribution in [3.8, 4) is 11.5 Å². The molecule has 0 fully saturated rings. The van der Waals surface area contributed by atoms with Crippen LogP contribution in [0.1, 0.15) is 17.3 Å². The molecule has 1 heterocycles. The molecule has 0 atom stereocenters. The number of oxazole rings is 1. The Balaban J connectivity index is 2.06. The van der Waals surface area contributed by atoms with Gasteiger partial charge >= 0.3 is 0 Å². The fourth-order valence-corrected chi connectivity index (χ4v) is 2.21. The number of halogens is 1. The van der Waals surface area contributed by atoms with Crippen LogP contribution in [0.25, 0.3) is 22.6 Å². The Labute approximate surface area is 118 Å². The molecule has 0 aliphatic heterocycles. The average Bonchev–Trinajstić information content (AvgIpc) is 2.81. The molecule has 3 rings (SSSR count). The van der Waals surface area contributed by atoms with Crippen LogP contribution >= 0.6 is 15.9 Å². The van der Waals surface area contributed by atoms with Crippen LogP contribution in [0.4, 0.5) is 0 Å². The number of ketones is 1. The van der Waals surface area contributed by atoms with E-state index in [0.717, 1.165) is 21.1 Å². The standard InChI is InChI=1S/C15H10BrNO2/c1-9(18)10-2-4-11(5-3-10)15-17-13-7-6-12(16)8-14(13)19-15/h2-8H,1H3. The lowest BCUT2D eigenvalue weighted by atomic mass is 10.1. The molecule has 4 heteroatoms. The summed E-state index contributed by atoms with van der Waals surface area (Å²) in [6.45, 7) is 1.55. The van der Waals surface area contributed by atoms with E-state index < -0.39 is 0 Å². The molecule has 3 nitrogen and oxygen atoms in total. The predicted octanol–water partition coefficient (Wildman–Crippen LogP) is 4.46. The third-order valence-electron chi connectivity index (χ3n) is 2.89. The zero-order valence-corrected chi connectivity index (χ0v) is 11.8. The van der Waals surface area contributed by atoms with E-state index in [1.165, 1.54) is 0 Å². The molecule has 0 bridgehead atoms. The van der Waals surface area contributed by atoms with Gasteiger partial charge in [-0.15, -0.1) is 0 Å². The largest absolute Gasteiger partial charge is 0.436 e. The molecule has 2 aromatic carbocycles. The van der Waals surface area contributed by atoms with Crippen LogP contribution in [0, 0.1) is 0 Å². The third kappa shape index (κ3) is 2.31. The molecule has 0 N–H and O–H groups in total. The van der Waals surface area contributed by atoms with Crippen molar-refractivity contribution in [2.75, 3.05) is 0 Å². The maximum absolute atomic E-state index is 11.2. The molecule has 1 aromatic heterocycles. The third-order valence-corrected chi connectivity index (χ3v) is 3.38. The summed E-state index contributed by atoms with van der Waals surface area (Å²) in [6.07, 6.45) is 0. The van der Waals surface area contributed by atoms with Gasteiger partial charge in [-0.1, -0.05) is 28.1 Å². The minimum absolute atomic E-state index is 0.0491. The van der Waals surface area contributed by atoms with E-state index in [0.29, 0.717) is 11.5 Å². The monoisotopic (exact) mass is 315 g/mol. The molecule has 0 radical (unpaired) electrons. The lowest BCUT2D eigenvalue weighted by molar-refractivity contribution is 0.101. The van der Waals surface area contributed by atoms with Crippen molar-refractivity contribution in [1.82, 2.24) is 4.98 Å². The Hall–Kier alpha value is -1.94. The summed E-state index contributed by atoms with van der Waals surface area (Å²) in [4.78, 5) is 15.7. The van der Waals surface area contributed by atoms with Crippen LogP contribution in [0.5, 0.6) is 0 Å². The number of Topliss-reactive ketones (excluding diaryl/α,β-unsaturated/α-hetero) is 1. The maximum atomic E-state index is 11.2. The summed E-state index contributed by atoms with van der Waals surface area (Å²) in [7, 11) is 0. The van der Waals surface area contributed by atoms with E-state index in [-0.39, 0.29) is 5.78 Å². The molecule has 0 unspecified atom stereocenters. The summed E-state index contributed by atoms with van der Waals surface area (Å²) in [5.74, 6) is 0.608. The minimum Gasteiger partial charge on any atom is -0.436 e. The molecule has 0 saturated carbocycles. The molecule has 0 aliphatic rings. The first-order valence-corrected chi connectivity index (χ1v) is 6.60. The molecule has 19 heavy (non-hydrogen) atoms. The van der Waals surface area contributed by atoms with Gasteiger partial charge in [0, 0.05) is 15.6 Å². The molecule has 94 valence electrons. The summed E-state index contributed by atoms with van der Waals surface area (Å²) < 4.78 is 6.66. The van der Waals surface area contributed by atoms with E-state index in [1.54, 1.807) is 19.1 Å². The zero-order chi connectivity index (χ0) is 13.4. The highest BCUT2D eigenvalue weighted by atomic mass is 79.9. The van der Waals surface area contributed by atoms with Gasteiger partial charge in [-0.3, -0.25) is 4.79 Å². The first-order chi connectivity index (χ1) is 9.13. The van der Waals surface area contributed by atoms with Crippen molar-refractivity contribution in [3.05, 3.63) is 52.5 Å². The number of rotatable bonds is 2. The normalized spacial score (nSPS) is 10.8. The predicted molar refractivity (Wildman–Crippen MR) is 77.1 cm³/mol. The quantitative estimate of drug-likeness (QED) is 0.656. The van der Waals surface area contributed by atoms with Crippen LogP contribution in [-0.4, -0.2) is 10.8 Å².